The number of rotatable bonds is 2. The van der Waals surface area contributed by atoms with E-state index in [2.05, 4.69) is 15.9 Å². The third kappa shape index (κ3) is 1.99. The van der Waals surface area contributed by atoms with Crippen LogP contribution in [0.4, 0.5) is 8.78 Å². The lowest BCUT2D eigenvalue weighted by Crippen LogP contribution is -2.06. The first-order valence-corrected chi connectivity index (χ1v) is 4.67. The molecule has 2 rings (SSSR count). The Hall–Kier alpha value is -0.640. The molecule has 0 bridgehead atoms. The van der Waals surface area contributed by atoms with E-state index in [0.29, 0.717) is 5.75 Å². The van der Waals surface area contributed by atoms with Crippen molar-refractivity contribution in [2.45, 2.75) is 18.4 Å². The number of ether oxygens (including phenoxy) is 1. The molecule has 1 aliphatic carbocycles. The first kappa shape index (κ1) is 8.94. The van der Waals surface area contributed by atoms with Gasteiger partial charge < -0.3 is 4.74 Å². The predicted molar refractivity (Wildman–Crippen MR) is 48.1 cm³/mol. The van der Waals surface area contributed by atoms with E-state index in [1.54, 1.807) is 24.3 Å². The molecule has 1 nitrogen and oxygen atoms in total. The maximum Gasteiger partial charge on any atom is 0.288 e. The number of halogens is 3. The van der Waals surface area contributed by atoms with Crippen molar-refractivity contribution >= 4 is 15.9 Å². The Bertz CT molecular complexity index is 310. The van der Waals surface area contributed by atoms with Crippen LogP contribution >= 0.6 is 15.9 Å². The van der Waals surface area contributed by atoms with Crippen LogP contribution in [0.5, 0.6) is 5.75 Å². The second kappa shape index (κ2) is 2.94. The van der Waals surface area contributed by atoms with Gasteiger partial charge in [-0.2, -0.15) is 0 Å². The normalized spacial score (nSPS) is 24.1. The van der Waals surface area contributed by atoms with E-state index in [1.807, 2.05) is 0 Å². The molecule has 0 aliphatic heterocycles. The number of alkyl halides is 2. The maximum atomic E-state index is 12.4. The van der Waals surface area contributed by atoms with Gasteiger partial charge in [0.05, 0.1) is 6.42 Å². The van der Waals surface area contributed by atoms with E-state index in [0.717, 1.165) is 4.47 Å². The van der Waals surface area contributed by atoms with Crippen LogP contribution in [0, 0.1) is 0 Å². The topological polar surface area (TPSA) is 9.23 Å². The standard InChI is InChI=1S/C9H7BrF2O/c10-6-1-3-7(4-2-6)13-8-5-9(8,11)12/h1-4,8H,5H2/t8-/m0/s1. The van der Waals surface area contributed by atoms with E-state index in [1.165, 1.54) is 0 Å². The zero-order chi connectivity index (χ0) is 9.47. The van der Waals surface area contributed by atoms with Gasteiger partial charge in [0.1, 0.15) is 5.75 Å². The average Bonchev–Trinajstić information content (AvgIpc) is 2.64. The van der Waals surface area contributed by atoms with E-state index >= 15 is 0 Å². The largest absolute Gasteiger partial charge is 0.484 e. The summed E-state index contributed by atoms with van der Waals surface area (Å²) in [6, 6.07) is 6.85. The molecule has 1 aromatic rings. The van der Waals surface area contributed by atoms with E-state index < -0.39 is 12.0 Å². The molecule has 1 atom stereocenters. The van der Waals surface area contributed by atoms with Gasteiger partial charge in [-0.3, -0.25) is 0 Å². The van der Waals surface area contributed by atoms with Crippen LogP contribution in [0.2, 0.25) is 0 Å². The molecule has 0 radical (unpaired) electrons. The smallest absolute Gasteiger partial charge is 0.288 e. The Morgan fingerprint density at radius 3 is 2.31 bits per heavy atom. The van der Waals surface area contributed by atoms with Crippen molar-refractivity contribution in [1.29, 1.82) is 0 Å². The van der Waals surface area contributed by atoms with Crippen molar-refractivity contribution in [3.63, 3.8) is 0 Å². The Kier molecular flexibility index (Phi) is 2.02. The van der Waals surface area contributed by atoms with Crippen LogP contribution in [0.1, 0.15) is 6.42 Å². The van der Waals surface area contributed by atoms with Crippen LogP contribution in [0.3, 0.4) is 0 Å². The van der Waals surface area contributed by atoms with Gasteiger partial charge in [0.2, 0.25) is 0 Å². The summed E-state index contributed by atoms with van der Waals surface area (Å²) in [4.78, 5) is 0. The van der Waals surface area contributed by atoms with Gasteiger partial charge in [-0.1, -0.05) is 15.9 Å². The highest BCUT2D eigenvalue weighted by molar-refractivity contribution is 9.10. The highest BCUT2D eigenvalue weighted by Crippen LogP contribution is 2.44. The number of benzene rings is 1. The van der Waals surface area contributed by atoms with Crippen molar-refractivity contribution < 1.29 is 13.5 Å². The first-order chi connectivity index (χ1) is 6.08. The highest BCUT2D eigenvalue weighted by Gasteiger charge is 2.59. The van der Waals surface area contributed by atoms with Crippen molar-refractivity contribution in [2.75, 3.05) is 0 Å². The molecular formula is C9H7BrF2O. The molecule has 0 aromatic heterocycles. The van der Waals surface area contributed by atoms with Gasteiger partial charge in [-0.15, -0.1) is 0 Å². The molecule has 70 valence electrons. The summed E-state index contributed by atoms with van der Waals surface area (Å²) < 4.78 is 30.8. The van der Waals surface area contributed by atoms with Gasteiger partial charge in [0.15, 0.2) is 6.10 Å². The van der Waals surface area contributed by atoms with Crippen molar-refractivity contribution in [3.8, 4) is 5.75 Å². The third-order valence-corrected chi connectivity index (χ3v) is 2.39. The van der Waals surface area contributed by atoms with E-state index in [-0.39, 0.29) is 6.42 Å². The summed E-state index contributed by atoms with van der Waals surface area (Å²) in [5.41, 5.74) is 0. The summed E-state index contributed by atoms with van der Waals surface area (Å²) in [5, 5.41) is 0. The molecule has 13 heavy (non-hydrogen) atoms. The molecule has 1 aliphatic rings. The fourth-order valence-electron chi connectivity index (χ4n) is 0.994. The average molecular weight is 249 g/mol. The molecule has 1 aromatic carbocycles. The van der Waals surface area contributed by atoms with Gasteiger partial charge >= 0.3 is 0 Å². The fourth-order valence-corrected chi connectivity index (χ4v) is 1.26. The monoisotopic (exact) mass is 248 g/mol. The van der Waals surface area contributed by atoms with Gasteiger partial charge in [0.25, 0.3) is 5.92 Å². The van der Waals surface area contributed by atoms with E-state index in [9.17, 15) is 8.78 Å². The number of hydrogen-bond acceptors (Lipinski definition) is 1. The Labute approximate surface area is 82.8 Å². The summed E-state index contributed by atoms with van der Waals surface area (Å²) in [5.74, 6) is -2.13. The minimum atomic E-state index is -2.62. The van der Waals surface area contributed by atoms with Crippen molar-refractivity contribution in [2.24, 2.45) is 0 Å². The SMILES string of the molecule is FC1(F)C[C@@H]1Oc1ccc(Br)cc1. The first-order valence-electron chi connectivity index (χ1n) is 3.88. The molecule has 1 saturated carbocycles. The summed E-state index contributed by atoms with van der Waals surface area (Å²) in [6.45, 7) is 0. The molecule has 1 fully saturated rings. The molecule has 0 saturated heterocycles. The Morgan fingerprint density at radius 1 is 1.31 bits per heavy atom. The zero-order valence-corrected chi connectivity index (χ0v) is 8.22. The molecule has 0 amide bonds. The second-order valence-corrected chi connectivity index (χ2v) is 3.94. The molecule has 4 heteroatoms. The molecule has 0 spiro atoms. The third-order valence-electron chi connectivity index (χ3n) is 1.86. The van der Waals surface area contributed by atoms with E-state index in [4.69, 9.17) is 4.74 Å². The van der Waals surface area contributed by atoms with Crippen molar-refractivity contribution in [3.05, 3.63) is 28.7 Å². The van der Waals surface area contributed by atoms with Crippen LogP contribution in [0.15, 0.2) is 28.7 Å². The summed E-state index contributed by atoms with van der Waals surface area (Å²) >= 11 is 3.25. The molecular weight excluding hydrogens is 242 g/mol. The quantitative estimate of drug-likeness (QED) is 0.781. The van der Waals surface area contributed by atoms with Gasteiger partial charge in [-0.25, -0.2) is 8.78 Å². The fraction of sp³-hybridized carbons (Fsp3) is 0.333. The predicted octanol–water partition coefficient (Wildman–Crippen LogP) is 3.24. The molecule has 0 unspecified atom stereocenters. The lowest BCUT2D eigenvalue weighted by Gasteiger charge is -2.03. The minimum Gasteiger partial charge on any atom is -0.484 e. The van der Waals surface area contributed by atoms with Crippen LogP contribution in [0.25, 0.3) is 0 Å². The lowest BCUT2D eigenvalue weighted by molar-refractivity contribution is 0.0665. The van der Waals surface area contributed by atoms with Crippen LogP contribution < -0.4 is 4.74 Å². The Balaban J connectivity index is 2.00. The second-order valence-electron chi connectivity index (χ2n) is 3.03. The molecule has 0 heterocycles. The minimum absolute atomic E-state index is 0.164. The molecule has 0 N–H and O–H groups in total. The Morgan fingerprint density at radius 2 is 1.85 bits per heavy atom. The lowest BCUT2D eigenvalue weighted by atomic mass is 10.3. The summed E-state index contributed by atoms with van der Waals surface area (Å²) in [6.07, 6.45) is -1.09. The zero-order valence-electron chi connectivity index (χ0n) is 6.64. The highest BCUT2D eigenvalue weighted by atomic mass is 79.9. The maximum absolute atomic E-state index is 12.4. The van der Waals surface area contributed by atoms with Gasteiger partial charge in [0, 0.05) is 4.47 Å². The van der Waals surface area contributed by atoms with Crippen LogP contribution in [-0.4, -0.2) is 12.0 Å². The number of hydrogen-bond donors (Lipinski definition) is 0. The van der Waals surface area contributed by atoms with Crippen LogP contribution in [-0.2, 0) is 0 Å². The summed E-state index contributed by atoms with van der Waals surface area (Å²) in [7, 11) is 0. The van der Waals surface area contributed by atoms with Crippen molar-refractivity contribution in [1.82, 2.24) is 0 Å². The van der Waals surface area contributed by atoms with Gasteiger partial charge in [-0.05, 0) is 24.3 Å².